The van der Waals surface area contributed by atoms with Crippen molar-refractivity contribution in [1.82, 2.24) is 14.9 Å². The smallest absolute Gasteiger partial charge is 0.302 e. The van der Waals surface area contributed by atoms with Crippen molar-refractivity contribution in [3.05, 3.63) is 42.5 Å². The molecule has 2 atom stereocenters. The minimum atomic E-state index is -4.02. The molecule has 2 aliphatic heterocycles. The van der Waals surface area contributed by atoms with Crippen LogP contribution in [0.1, 0.15) is 32.6 Å². The predicted octanol–water partition coefficient (Wildman–Crippen LogP) is 2.77. The fourth-order valence-corrected chi connectivity index (χ4v) is 7.49. The number of esters is 1. The van der Waals surface area contributed by atoms with Crippen LogP contribution in [-0.2, 0) is 24.3 Å². The van der Waals surface area contributed by atoms with Crippen LogP contribution in [0.5, 0.6) is 0 Å². The number of nitrogens with one attached hydrogen (secondary N) is 2. The first-order valence-electron chi connectivity index (χ1n) is 12.6. The van der Waals surface area contributed by atoms with Crippen LogP contribution in [0.3, 0.4) is 0 Å². The number of carbonyl (C=O) groups is 2. The number of likely N-dealkylation sites (tertiary alicyclic amines) is 1. The number of hydrogen-bond donors (Lipinski definition) is 2. The fourth-order valence-electron chi connectivity index (χ4n) is 4.86. The third-order valence-corrected chi connectivity index (χ3v) is 9.66. The average Bonchev–Trinajstić information content (AvgIpc) is 3.35. The zero-order valence-corrected chi connectivity index (χ0v) is 22.3. The minimum Gasteiger partial charge on any atom is -0.464 e. The van der Waals surface area contributed by atoms with Gasteiger partial charge in [-0.25, -0.2) is 8.42 Å². The molecule has 2 N–H and O–H groups in total. The number of thioether (sulfide) groups is 1. The van der Waals surface area contributed by atoms with Crippen LogP contribution in [0.25, 0.3) is 10.8 Å². The van der Waals surface area contributed by atoms with Crippen molar-refractivity contribution < 1.29 is 22.7 Å². The second-order valence-electron chi connectivity index (χ2n) is 9.54. The average molecular weight is 534 g/mol. The molecule has 2 unspecified atom stereocenters. The van der Waals surface area contributed by atoms with E-state index in [-0.39, 0.29) is 23.5 Å². The third-order valence-electron chi connectivity index (χ3n) is 6.86. The number of ether oxygens (including phenoxy) is 1. The summed E-state index contributed by atoms with van der Waals surface area (Å²) < 4.78 is 34.1. The number of benzene rings is 2. The van der Waals surface area contributed by atoms with Gasteiger partial charge in [0.1, 0.15) is 12.6 Å². The molecule has 0 bridgehead atoms. The van der Waals surface area contributed by atoms with Gasteiger partial charge in [0.2, 0.25) is 15.9 Å². The van der Waals surface area contributed by atoms with Gasteiger partial charge in [-0.15, -0.1) is 0 Å². The normalized spacial score (nSPS) is 19.9. The maximum absolute atomic E-state index is 13.5. The van der Waals surface area contributed by atoms with E-state index in [0.717, 1.165) is 48.2 Å². The highest BCUT2D eigenvalue weighted by Gasteiger charge is 2.36. The van der Waals surface area contributed by atoms with E-state index in [2.05, 4.69) is 10.0 Å². The molecule has 0 spiro atoms. The first-order chi connectivity index (χ1) is 17.3. The van der Waals surface area contributed by atoms with Crippen LogP contribution in [0, 0.1) is 5.92 Å². The Hall–Kier alpha value is -2.14. The van der Waals surface area contributed by atoms with Crippen molar-refractivity contribution in [2.75, 3.05) is 37.7 Å². The molecule has 36 heavy (non-hydrogen) atoms. The van der Waals surface area contributed by atoms with Crippen molar-refractivity contribution in [1.29, 1.82) is 0 Å². The summed E-state index contributed by atoms with van der Waals surface area (Å²) in [6, 6.07) is 11.2. The number of carbonyl (C=O) groups excluding carboxylic acids is 2. The molecule has 2 aromatic rings. The summed E-state index contributed by atoms with van der Waals surface area (Å²) in [7, 11) is -4.02. The molecule has 196 valence electrons. The van der Waals surface area contributed by atoms with Gasteiger partial charge in [0.25, 0.3) is 0 Å². The molecular weight excluding hydrogens is 498 g/mol. The van der Waals surface area contributed by atoms with Crippen LogP contribution < -0.4 is 10.0 Å². The Morgan fingerprint density at radius 1 is 1.11 bits per heavy atom. The van der Waals surface area contributed by atoms with Gasteiger partial charge in [0, 0.05) is 25.3 Å². The van der Waals surface area contributed by atoms with Crippen LogP contribution in [0.2, 0.25) is 0 Å². The zero-order chi connectivity index (χ0) is 25.5. The van der Waals surface area contributed by atoms with Crippen LogP contribution in [-0.4, -0.2) is 75.0 Å². The molecule has 0 aromatic heterocycles. The SMILES string of the molecule is CC(=O)OCC(NS(=O)(=O)c1ccc2ccccc2c1)C(=O)N1CCCC1CSCC1CCNCC1. The van der Waals surface area contributed by atoms with E-state index in [9.17, 15) is 18.0 Å². The van der Waals surface area contributed by atoms with E-state index in [1.165, 1.54) is 25.8 Å². The van der Waals surface area contributed by atoms with Gasteiger partial charge in [-0.1, -0.05) is 30.3 Å². The number of hydrogen-bond acceptors (Lipinski definition) is 7. The van der Waals surface area contributed by atoms with Crippen molar-refractivity contribution >= 4 is 44.4 Å². The summed E-state index contributed by atoms with van der Waals surface area (Å²) in [6.45, 7) is 3.61. The molecule has 10 heteroatoms. The summed E-state index contributed by atoms with van der Waals surface area (Å²) in [4.78, 5) is 26.9. The van der Waals surface area contributed by atoms with Gasteiger partial charge in [0.15, 0.2) is 0 Å². The molecule has 2 fully saturated rings. The first kappa shape index (κ1) is 26.9. The lowest BCUT2D eigenvalue weighted by Gasteiger charge is -2.29. The molecule has 0 radical (unpaired) electrons. The molecule has 4 rings (SSSR count). The molecule has 1 amide bonds. The number of fused-ring (bicyclic) bond motifs is 1. The number of sulfonamides is 1. The standard InChI is InChI=1S/C26H35N3O5S2/c1-19(30)34-16-25(28-36(32,33)24-9-8-21-5-2-3-6-22(21)15-24)26(31)29-14-4-7-23(29)18-35-17-20-10-12-27-13-11-20/h2-3,5-6,8-9,15,20,23,25,27-28H,4,7,10-14,16-18H2,1H3. The number of piperidine rings is 1. The van der Waals surface area contributed by atoms with Crippen LogP contribution in [0.15, 0.2) is 47.4 Å². The Balaban J connectivity index is 1.44. The minimum absolute atomic E-state index is 0.0502. The Bertz CT molecular complexity index is 1170. The largest absolute Gasteiger partial charge is 0.464 e. The predicted molar refractivity (Wildman–Crippen MR) is 142 cm³/mol. The molecule has 2 heterocycles. The third kappa shape index (κ3) is 7.00. The Kier molecular flexibility index (Phi) is 9.27. The van der Waals surface area contributed by atoms with Gasteiger partial charge in [-0.3, -0.25) is 9.59 Å². The second-order valence-corrected chi connectivity index (χ2v) is 12.3. The first-order valence-corrected chi connectivity index (χ1v) is 15.2. The summed E-state index contributed by atoms with van der Waals surface area (Å²) in [5, 5.41) is 5.09. The lowest BCUT2D eigenvalue weighted by atomic mass is 10.0. The van der Waals surface area contributed by atoms with E-state index in [0.29, 0.717) is 12.5 Å². The Labute approximate surface area is 217 Å². The zero-order valence-electron chi connectivity index (χ0n) is 20.6. The van der Waals surface area contributed by atoms with Crippen molar-refractivity contribution in [3.63, 3.8) is 0 Å². The fraction of sp³-hybridized carbons (Fsp3) is 0.538. The highest BCUT2D eigenvalue weighted by atomic mass is 32.2. The van der Waals surface area contributed by atoms with E-state index in [4.69, 9.17) is 4.74 Å². The number of rotatable bonds is 10. The highest BCUT2D eigenvalue weighted by Crippen LogP contribution is 2.26. The van der Waals surface area contributed by atoms with Crippen molar-refractivity contribution in [3.8, 4) is 0 Å². The van der Waals surface area contributed by atoms with Gasteiger partial charge in [-0.05, 0) is 73.3 Å². The monoisotopic (exact) mass is 533 g/mol. The Morgan fingerprint density at radius 2 is 1.86 bits per heavy atom. The van der Waals surface area contributed by atoms with Gasteiger partial charge in [0.05, 0.1) is 4.90 Å². The maximum atomic E-state index is 13.5. The quantitative estimate of drug-likeness (QED) is 0.453. The molecule has 0 aliphatic carbocycles. The molecule has 2 aromatic carbocycles. The van der Waals surface area contributed by atoms with E-state index in [1.54, 1.807) is 17.0 Å². The Morgan fingerprint density at radius 3 is 2.61 bits per heavy atom. The van der Waals surface area contributed by atoms with Gasteiger partial charge >= 0.3 is 5.97 Å². The summed E-state index contributed by atoms with van der Waals surface area (Å²) >= 11 is 1.87. The molecule has 2 saturated heterocycles. The van der Waals surface area contributed by atoms with Gasteiger partial charge < -0.3 is 15.0 Å². The molecule has 0 saturated carbocycles. The van der Waals surface area contributed by atoms with Crippen LogP contribution >= 0.6 is 11.8 Å². The lowest BCUT2D eigenvalue weighted by molar-refractivity contribution is -0.144. The number of amides is 1. The lowest BCUT2D eigenvalue weighted by Crippen LogP contribution is -2.52. The van der Waals surface area contributed by atoms with E-state index in [1.807, 2.05) is 36.0 Å². The molecule has 2 aliphatic rings. The topological polar surface area (TPSA) is 105 Å². The van der Waals surface area contributed by atoms with Crippen molar-refractivity contribution in [2.24, 2.45) is 5.92 Å². The second kappa shape index (κ2) is 12.4. The summed E-state index contributed by atoms with van der Waals surface area (Å²) in [5.41, 5.74) is 0. The van der Waals surface area contributed by atoms with Gasteiger partial charge in [-0.2, -0.15) is 16.5 Å². The van der Waals surface area contributed by atoms with E-state index < -0.39 is 22.0 Å². The van der Waals surface area contributed by atoms with Crippen LogP contribution in [0.4, 0.5) is 0 Å². The summed E-state index contributed by atoms with van der Waals surface area (Å²) in [5.74, 6) is 1.70. The van der Waals surface area contributed by atoms with Crippen molar-refractivity contribution in [2.45, 2.75) is 49.6 Å². The summed E-state index contributed by atoms with van der Waals surface area (Å²) in [6.07, 6.45) is 4.13. The maximum Gasteiger partial charge on any atom is 0.302 e. The molecular formula is C26H35N3O5S2. The highest BCUT2D eigenvalue weighted by molar-refractivity contribution is 7.99. The molecule has 8 nitrogen and oxygen atoms in total. The van der Waals surface area contributed by atoms with E-state index >= 15 is 0 Å². The number of nitrogens with zero attached hydrogens (tertiary/aromatic N) is 1.